The fourth-order valence-corrected chi connectivity index (χ4v) is 3.87. The predicted octanol–water partition coefficient (Wildman–Crippen LogP) is 4.59. The number of fused-ring (bicyclic) bond motifs is 1. The molecule has 5 nitrogen and oxygen atoms in total. The van der Waals surface area contributed by atoms with Crippen LogP contribution in [0.1, 0.15) is 43.3 Å². The molecule has 0 atom stereocenters. The molecule has 138 valence electrons. The van der Waals surface area contributed by atoms with Crippen LogP contribution in [0.25, 0.3) is 22.3 Å². The molecule has 2 aromatic heterocycles. The first kappa shape index (κ1) is 18.4. The smallest absolute Gasteiger partial charge is 0.158 e. The second-order valence-corrected chi connectivity index (χ2v) is 6.90. The molecule has 3 rings (SSSR count). The van der Waals surface area contributed by atoms with Crippen LogP contribution in [0, 0.1) is 27.7 Å². The molecule has 0 saturated carbocycles. The van der Waals surface area contributed by atoms with Gasteiger partial charge in [0.15, 0.2) is 5.82 Å². The molecular weight excluding hydrogens is 322 g/mol. The van der Waals surface area contributed by atoms with Gasteiger partial charge in [-0.2, -0.15) is 5.10 Å². The molecule has 0 amide bonds. The lowest BCUT2D eigenvalue weighted by Gasteiger charge is -2.21. The number of aryl methyl sites for hydroxylation is 5. The maximum absolute atomic E-state index is 4.97. The number of hydrogen-bond donors (Lipinski definition) is 0. The van der Waals surface area contributed by atoms with E-state index in [2.05, 4.69) is 63.3 Å². The van der Waals surface area contributed by atoms with Gasteiger partial charge in [-0.05, 0) is 59.6 Å². The maximum atomic E-state index is 4.97. The van der Waals surface area contributed by atoms with Crippen LogP contribution in [0.4, 0.5) is 5.82 Å². The minimum absolute atomic E-state index is 0.790. The molecule has 26 heavy (non-hydrogen) atoms. The number of nitrogens with zero attached hydrogens (tertiary/aromatic N) is 5. The average Bonchev–Trinajstić information content (AvgIpc) is 2.93. The van der Waals surface area contributed by atoms with Crippen molar-refractivity contribution < 1.29 is 0 Å². The molecule has 5 heteroatoms. The Kier molecular flexibility index (Phi) is 4.99. The van der Waals surface area contributed by atoms with Crippen LogP contribution in [0.5, 0.6) is 0 Å². The normalized spacial score (nSPS) is 11.3. The van der Waals surface area contributed by atoms with E-state index in [1.165, 1.54) is 22.3 Å². The summed E-state index contributed by atoms with van der Waals surface area (Å²) in [6.07, 6.45) is 0. The highest BCUT2D eigenvalue weighted by Gasteiger charge is 2.22. The topological polar surface area (TPSA) is 46.8 Å². The Balaban J connectivity index is 2.40. The summed E-state index contributed by atoms with van der Waals surface area (Å²) in [4.78, 5) is 11.9. The lowest BCUT2D eigenvalue weighted by atomic mass is 9.97. The summed E-state index contributed by atoms with van der Waals surface area (Å²) < 4.78 is 2.05. The van der Waals surface area contributed by atoms with E-state index in [1.807, 2.05) is 6.92 Å². The summed E-state index contributed by atoms with van der Waals surface area (Å²) in [5.74, 6) is 1.78. The first-order chi connectivity index (χ1) is 12.4. The lowest BCUT2D eigenvalue weighted by Crippen LogP contribution is -2.24. The number of anilines is 1. The Morgan fingerprint density at radius 1 is 0.923 bits per heavy atom. The number of benzene rings is 1. The number of aromatic nitrogens is 4. The monoisotopic (exact) mass is 351 g/mol. The van der Waals surface area contributed by atoms with Gasteiger partial charge in [0, 0.05) is 25.2 Å². The summed E-state index contributed by atoms with van der Waals surface area (Å²) in [5.41, 5.74) is 7.91. The van der Waals surface area contributed by atoms with Crippen molar-refractivity contribution >= 4 is 16.9 Å². The molecule has 0 saturated heterocycles. The van der Waals surface area contributed by atoms with Gasteiger partial charge in [-0.3, -0.25) is 4.68 Å². The van der Waals surface area contributed by atoms with E-state index in [0.29, 0.717) is 0 Å². The standard InChI is InChI=1S/C21H29N5/c1-8-25(9-2)21-20-19(22-16(7)23-21)18(24-26(20)10-3)17-14(5)11-13(4)12-15(17)6/h11-12H,8-10H2,1-7H3. The van der Waals surface area contributed by atoms with E-state index in [-0.39, 0.29) is 0 Å². The van der Waals surface area contributed by atoms with Crippen molar-refractivity contribution in [3.63, 3.8) is 0 Å². The van der Waals surface area contributed by atoms with Gasteiger partial charge < -0.3 is 4.90 Å². The van der Waals surface area contributed by atoms with E-state index in [1.54, 1.807) is 0 Å². The zero-order valence-electron chi connectivity index (χ0n) is 17.0. The van der Waals surface area contributed by atoms with Crippen molar-refractivity contribution in [2.45, 2.75) is 55.0 Å². The number of rotatable bonds is 5. The molecule has 0 radical (unpaired) electrons. The zero-order chi connectivity index (χ0) is 19.0. The van der Waals surface area contributed by atoms with Gasteiger partial charge in [-0.15, -0.1) is 0 Å². The van der Waals surface area contributed by atoms with Crippen LogP contribution in [-0.2, 0) is 6.54 Å². The predicted molar refractivity (Wildman–Crippen MR) is 109 cm³/mol. The Bertz CT molecular complexity index is 928. The summed E-state index contributed by atoms with van der Waals surface area (Å²) in [7, 11) is 0. The van der Waals surface area contributed by atoms with Crippen molar-refractivity contribution in [3.05, 3.63) is 34.6 Å². The average molecular weight is 351 g/mol. The molecule has 3 aromatic rings. The summed E-state index contributed by atoms with van der Waals surface area (Å²) in [5, 5.41) is 4.97. The summed E-state index contributed by atoms with van der Waals surface area (Å²) in [6, 6.07) is 4.44. The van der Waals surface area contributed by atoms with E-state index in [0.717, 1.165) is 48.0 Å². The van der Waals surface area contributed by atoms with E-state index in [4.69, 9.17) is 15.1 Å². The molecule has 0 unspecified atom stereocenters. The molecule has 0 aliphatic carbocycles. The molecule has 1 aromatic carbocycles. The van der Waals surface area contributed by atoms with Crippen LogP contribution in [-0.4, -0.2) is 32.8 Å². The van der Waals surface area contributed by atoms with Gasteiger partial charge in [0.1, 0.15) is 22.6 Å². The van der Waals surface area contributed by atoms with E-state index >= 15 is 0 Å². The van der Waals surface area contributed by atoms with Crippen LogP contribution in [0.15, 0.2) is 12.1 Å². The molecule has 0 fully saturated rings. The molecule has 2 heterocycles. The van der Waals surface area contributed by atoms with Crippen molar-refractivity contribution in [2.75, 3.05) is 18.0 Å². The summed E-state index contributed by atoms with van der Waals surface area (Å²) in [6.45, 7) is 17.5. The van der Waals surface area contributed by atoms with Crippen LogP contribution in [0.3, 0.4) is 0 Å². The molecule has 0 bridgehead atoms. The number of hydrogen-bond acceptors (Lipinski definition) is 4. The fourth-order valence-electron chi connectivity index (χ4n) is 3.87. The largest absolute Gasteiger partial charge is 0.355 e. The Morgan fingerprint density at radius 2 is 1.54 bits per heavy atom. The van der Waals surface area contributed by atoms with Crippen molar-refractivity contribution in [3.8, 4) is 11.3 Å². The van der Waals surface area contributed by atoms with E-state index in [9.17, 15) is 0 Å². The van der Waals surface area contributed by atoms with Gasteiger partial charge in [-0.1, -0.05) is 17.7 Å². The van der Waals surface area contributed by atoms with Crippen molar-refractivity contribution in [2.24, 2.45) is 0 Å². The van der Waals surface area contributed by atoms with Gasteiger partial charge in [0.2, 0.25) is 0 Å². The third-order valence-electron chi connectivity index (χ3n) is 4.96. The Morgan fingerprint density at radius 3 is 2.08 bits per heavy atom. The van der Waals surface area contributed by atoms with Crippen LogP contribution >= 0.6 is 0 Å². The van der Waals surface area contributed by atoms with Gasteiger partial charge in [0.05, 0.1) is 0 Å². The maximum Gasteiger partial charge on any atom is 0.158 e. The van der Waals surface area contributed by atoms with Crippen LogP contribution < -0.4 is 4.90 Å². The van der Waals surface area contributed by atoms with Crippen molar-refractivity contribution in [1.82, 2.24) is 19.7 Å². The first-order valence-corrected chi connectivity index (χ1v) is 9.49. The third-order valence-corrected chi connectivity index (χ3v) is 4.96. The highest BCUT2D eigenvalue weighted by molar-refractivity contribution is 5.97. The molecule has 0 N–H and O–H groups in total. The minimum atomic E-state index is 0.790. The quantitative estimate of drug-likeness (QED) is 0.674. The van der Waals surface area contributed by atoms with Gasteiger partial charge in [0.25, 0.3) is 0 Å². The van der Waals surface area contributed by atoms with Crippen LogP contribution in [0.2, 0.25) is 0 Å². The van der Waals surface area contributed by atoms with Gasteiger partial charge in [-0.25, -0.2) is 9.97 Å². The van der Waals surface area contributed by atoms with Gasteiger partial charge >= 0.3 is 0 Å². The molecular formula is C21H29N5. The molecule has 0 aliphatic rings. The highest BCUT2D eigenvalue weighted by Crippen LogP contribution is 2.35. The van der Waals surface area contributed by atoms with Crippen molar-refractivity contribution in [1.29, 1.82) is 0 Å². The SMILES string of the molecule is CCN(CC)c1nc(C)nc2c(-c3c(C)cc(C)cc3C)nn(CC)c12. The first-order valence-electron chi connectivity index (χ1n) is 9.49. The molecule has 0 aliphatic heterocycles. The second kappa shape index (κ2) is 7.06. The lowest BCUT2D eigenvalue weighted by molar-refractivity contribution is 0.682. The highest BCUT2D eigenvalue weighted by atomic mass is 15.3. The third kappa shape index (κ3) is 2.96. The fraction of sp³-hybridized carbons (Fsp3) is 0.476. The zero-order valence-corrected chi connectivity index (χ0v) is 17.0. The Hall–Kier alpha value is -2.43. The Labute approximate surface area is 156 Å². The molecule has 0 spiro atoms. The second-order valence-electron chi connectivity index (χ2n) is 6.90. The minimum Gasteiger partial charge on any atom is -0.355 e. The van der Waals surface area contributed by atoms with E-state index < -0.39 is 0 Å². The summed E-state index contributed by atoms with van der Waals surface area (Å²) >= 11 is 0.